The number of carbonyl (C=O) groups is 2. The summed E-state index contributed by atoms with van der Waals surface area (Å²) in [6.07, 6.45) is 1.71. The maximum atomic E-state index is 12.9. The normalized spacial score (nSPS) is 11.8. The Morgan fingerprint density at radius 2 is 1.80 bits per heavy atom. The van der Waals surface area contributed by atoms with Crippen LogP contribution in [0.4, 0.5) is 5.69 Å². The predicted molar refractivity (Wildman–Crippen MR) is 143 cm³/mol. The van der Waals surface area contributed by atoms with Gasteiger partial charge in [-0.2, -0.15) is 0 Å². The zero-order chi connectivity index (χ0) is 25.5. The van der Waals surface area contributed by atoms with E-state index in [1.165, 1.54) is 11.8 Å². The van der Waals surface area contributed by atoms with Gasteiger partial charge in [0.05, 0.1) is 22.4 Å². The molecule has 1 aromatic heterocycles. The number of hydrogen-bond donors (Lipinski definition) is 2. The number of rotatable bonds is 10. The molecule has 184 valence electrons. The smallest absolute Gasteiger partial charge is 0.253 e. The van der Waals surface area contributed by atoms with Gasteiger partial charge in [0, 0.05) is 22.3 Å². The number of allylic oxidation sites excluding steroid dienone is 1. The number of nitrogens with one attached hydrogen (secondary N) is 2. The van der Waals surface area contributed by atoms with Gasteiger partial charge in [0.25, 0.3) is 5.91 Å². The molecule has 0 saturated carbocycles. The van der Waals surface area contributed by atoms with Gasteiger partial charge in [-0.1, -0.05) is 78.6 Å². The lowest BCUT2D eigenvalue weighted by Gasteiger charge is -2.23. The lowest BCUT2D eigenvalue weighted by molar-refractivity contribution is -0.113. The predicted octanol–water partition coefficient (Wildman–Crippen LogP) is 6.28. The molecule has 35 heavy (non-hydrogen) atoms. The van der Waals surface area contributed by atoms with Gasteiger partial charge in [0.15, 0.2) is 11.0 Å². The zero-order valence-corrected chi connectivity index (χ0v) is 22.2. The first-order valence-corrected chi connectivity index (χ1v) is 12.8. The van der Waals surface area contributed by atoms with Gasteiger partial charge in [-0.25, -0.2) is 0 Å². The molecule has 0 radical (unpaired) electrons. The minimum absolute atomic E-state index is 0.00271. The molecule has 0 aliphatic heterocycles. The molecular formula is C24H24Cl3N5O2S. The number of amides is 2. The van der Waals surface area contributed by atoms with Crippen molar-refractivity contribution in [3.8, 4) is 0 Å². The number of halogens is 3. The SMILES string of the molecule is C=CCn1c(SCC(=O)Nc2cc(Cl)cc(Cl)c2)nnc1C(NC(=O)c1ccccc1Cl)C(C)C. The van der Waals surface area contributed by atoms with Crippen LogP contribution in [-0.4, -0.2) is 32.3 Å². The average molecular weight is 553 g/mol. The van der Waals surface area contributed by atoms with E-state index >= 15 is 0 Å². The lowest BCUT2D eigenvalue weighted by Crippen LogP contribution is -2.34. The first-order chi connectivity index (χ1) is 16.7. The third-order valence-electron chi connectivity index (χ3n) is 4.89. The Kier molecular flexibility index (Phi) is 9.63. The van der Waals surface area contributed by atoms with Crippen LogP contribution in [0.1, 0.15) is 36.1 Å². The number of aromatic nitrogens is 3. The molecule has 0 fully saturated rings. The monoisotopic (exact) mass is 551 g/mol. The summed E-state index contributed by atoms with van der Waals surface area (Å²) in [5.41, 5.74) is 0.880. The van der Waals surface area contributed by atoms with Gasteiger partial charge < -0.3 is 15.2 Å². The van der Waals surface area contributed by atoms with Crippen molar-refractivity contribution in [3.05, 3.63) is 81.6 Å². The van der Waals surface area contributed by atoms with Crippen LogP contribution < -0.4 is 10.6 Å². The van der Waals surface area contributed by atoms with Crippen molar-refractivity contribution in [1.82, 2.24) is 20.1 Å². The molecular weight excluding hydrogens is 529 g/mol. The highest BCUT2D eigenvalue weighted by atomic mass is 35.5. The standard InChI is InChI=1S/C24H24Cl3N5O2S/c1-4-9-32-22(21(14(2)3)29-23(34)18-7-5-6-8-19(18)27)30-31-24(32)35-13-20(33)28-17-11-15(25)10-16(26)12-17/h4-8,10-12,14,21H,1,9,13H2,2-3H3,(H,28,33)(H,29,34). The van der Waals surface area contributed by atoms with Crippen molar-refractivity contribution in [2.45, 2.75) is 31.6 Å². The molecule has 2 aromatic carbocycles. The van der Waals surface area contributed by atoms with E-state index < -0.39 is 6.04 Å². The van der Waals surface area contributed by atoms with Gasteiger partial charge in [-0.15, -0.1) is 16.8 Å². The number of hydrogen-bond acceptors (Lipinski definition) is 5. The minimum atomic E-state index is -0.442. The molecule has 1 heterocycles. The van der Waals surface area contributed by atoms with Gasteiger partial charge in [-0.05, 0) is 36.2 Å². The van der Waals surface area contributed by atoms with Crippen molar-refractivity contribution in [2.24, 2.45) is 5.92 Å². The molecule has 3 rings (SSSR count). The molecule has 3 aromatic rings. The summed E-state index contributed by atoms with van der Waals surface area (Å²) in [6, 6.07) is 11.2. The number of anilines is 1. The Morgan fingerprint density at radius 1 is 1.11 bits per heavy atom. The van der Waals surface area contributed by atoms with Crippen LogP contribution in [0.15, 0.2) is 60.3 Å². The number of carbonyl (C=O) groups excluding carboxylic acids is 2. The van der Waals surface area contributed by atoms with Crippen molar-refractivity contribution in [1.29, 1.82) is 0 Å². The molecule has 7 nitrogen and oxygen atoms in total. The number of benzene rings is 2. The Balaban J connectivity index is 1.76. The third kappa shape index (κ3) is 7.24. The van der Waals surface area contributed by atoms with Gasteiger partial charge in [0.1, 0.15) is 0 Å². The first kappa shape index (κ1) is 27.1. The van der Waals surface area contributed by atoms with E-state index in [1.54, 1.807) is 48.5 Å². The highest BCUT2D eigenvalue weighted by Crippen LogP contribution is 2.27. The summed E-state index contributed by atoms with van der Waals surface area (Å²) in [5, 5.41) is 16.1. The zero-order valence-electron chi connectivity index (χ0n) is 19.1. The maximum absolute atomic E-state index is 12.9. The molecule has 0 saturated heterocycles. The van der Waals surface area contributed by atoms with E-state index in [2.05, 4.69) is 27.4 Å². The van der Waals surface area contributed by atoms with E-state index in [-0.39, 0.29) is 23.5 Å². The number of thioether (sulfide) groups is 1. The molecule has 2 amide bonds. The second-order valence-electron chi connectivity index (χ2n) is 7.91. The minimum Gasteiger partial charge on any atom is -0.342 e. The van der Waals surface area contributed by atoms with E-state index in [1.807, 2.05) is 18.4 Å². The van der Waals surface area contributed by atoms with E-state index in [0.29, 0.717) is 43.8 Å². The van der Waals surface area contributed by atoms with Gasteiger partial charge in [0.2, 0.25) is 5.91 Å². The Bertz CT molecular complexity index is 1210. The second kappa shape index (κ2) is 12.4. The molecule has 2 N–H and O–H groups in total. The van der Waals surface area contributed by atoms with Crippen LogP contribution in [0, 0.1) is 5.92 Å². The summed E-state index contributed by atoms with van der Waals surface area (Å²) in [6.45, 7) is 8.17. The van der Waals surface area contributed by atoms with Crippen LogP contribution in [0.2, 0.25) is 15.1 Å². The Morgan fingerprint density at radius 3 is 2.43 bits per heavy atom. The van der Waals surface area contributed by atoms with Crippen LogP contribution in [-0.2, 0) is 11.3 Å². The average Bonchev–Trinajstić information content (AvgIpc) is 3.17. The summed E-state index contributed by atoms with van der Waals surface area (Å²) in [4.78, 5) is 25.4. The summed E-state index contributed by atoms with van der Waals surface area (Å²) < 4.78 is 1.83. The molecule has 0 aliphatic rings. The quantitative estimate of drug-likeness (QED) is 0.228. The molecule has 0 aliphatic carbocycles. The van der Waals surface area contributed by atoms with E-state index in [4.69, 9.17) is 34.8 Å². The van der Waals surface area contributed by atoms with Crippen LogP contribution in [0.3, 0.4) is 0 Å². The van der Waals surface area contributed by atoms with Crippen molar-refractivity contribution >= 4 is 64.1 Å². The Hall–Kier alpha value is -2.52. The fourth-order valence-electron chi connectivity index (χ4n) is 3.28. The van der Waals surface area contributed by atoms with E-state index in [9.17, 15) is 9.59 Å². The summed E-state index contributed by atoms with van der Waals surface area (Å²) in [7, 11) is 0. The molecule has 11 heteroatoms. The maximum Gasteiger partial charge on any atom is 0.253 e. The molecule has 1 unspecified atom stereocenters. The van der Waals surface area contributed by atoms with Gasteiger partial charge >= 0.3 is 0 Å². The van der Waals surface area contributed by atoms with E-state index in [0.717, 1.165) is 0 Å². The second-order valence-corrected chi connectivity index (χ2v) is 10.1. The van der Waals surface area contributed by atoms with Crippen molar-refractivity contribution < 1.29 is 9.59 Å². The van der Waals surface area contributed by atoms with Crippen LogP contribution in [0.25, 0.3) is 0 Å². The summed E-state index contributed by atoms with van der Waals surface area (Å²) in [5.74, 6) is 0.0806. The Labute approximate surface area is 223 Å². The molecule has 0 bridgehead atoms. The van der Waals surface area contributed by atoms with Gasteiger partial charge in [-0.3, -0.25) is 9.59 Å². The fourth-order valence-corrected chi connectivity index (χ4v) is 4.79. The van der Waals surface area contributed by atoms with Crippen LogP contribution in [0.5, 0.6) is 0 Å². The first-order valence-electron chi connectivity index (χ1n) is 10.7. The molecule has 0 spiro atoms. The lowest BCUT2D eigenvalue weighted by atomic mass is 10.0. The summed E-state index contributed by atoms with van der Waals surface area (Å²) >= 11 is 19.4. The third-order valence-corrected chi connectivity index (χ3v) is 6.62. The van der Waals surface area contributed by atoms with Crippen LogP contribution >= 0.6 is 46.6 Å². The van der Waals surface area contributed by atoms with Crippen molar-refractivity contribution in [3.63, 3.8) is 0 Å². The van der Waals surface area contributed by atoms with Crippen molar-refractivity contribution in [2.75, 3.05) is 11.1 Å². The highest BCUT2D eigenvalue weighted by molar-refractivity contribution is 7.99. The largest absolute Gasteiger partial charge is 0.342 e. The number of nitrogens with zero attached hydrogens (tertiary/aromatic N) is 3. The topological polar surface area (TPSA) is 88.9 Å². The molecule has 1 atom stereocenters. The fraction of sp³-hybridized carbons (Fsp3) is 0.250. The highest BCUT2D eigenvalue weighted by Gasteiger charge is 2.27.